The van der Waals surface area contributed by atoms with Crippen molar-refractivity contribution in [1.29, 1.82) is 0 Å². The summed E-state index contributed by atoms with van der Waals surface area (Å²) in [5, 5.41) is 8.64. The van der Waals surface area contributed by atoms with Crippen LogP contribution in [0, 0.1) is 11.3 Å². The van der Waals surface area contributed by atoms with Crippen LogP contribution < -0.4 is 4.90 Å². The Morgan fingerprint density at radius 1 is 1.37 bits per heavy atom. The first-order valence-corrected chi connectivity index (χ1v) is 6.62. The van der Waals surface area contributed by atoms with Gasteiger partial charge < -0.3 is 10.0 Å². The molecule has 0 amide bonds. The minimum atomic E-state index is -0.915. The van der Waals surface area contributed by atoms with Gasteiger partial charge in [0.2, 0.25) is 0 Å². The standard InChI is InChI=1S/C16H21NO2/c1-16(2,3)13-10-17(11-13)14-6-4-5-12(9-14)7-8-15(18)19/h4-9,13H,10-11H2,1-3H3,(H,18,19)/b8-7+. The molecule has 0 saturated carbocycles. The number of carboxylic acids is 1. The van der Waals surface area contributed by atoms with Crippen LogP contribution in [-0.2, 0) is 4.79 Å². The molecule has 1 aliphatic rings. The molecule has 0 aliphatic carbocycles. The molecule has 3 nitrogen and oxygen atoms in total. The van der Waals surface area contributed by atoms with Gasteiger partial charge >= 0.3 is 5.97 Å². The molecule has 2 rings (SSSR count). The molecule has 0 aromatic heterocycles. The van der Waals surface area contributed by atoms with Crippen LogP contribution in [0.3, 0.4) is 0 Å². The van der Waals surface area contributed by atoms with Gasteiger partial charge in [0.25, 0.3) is 0 Å². The number of rotatable bonds is 3. The number of nitrogens with zero attached hydrogens (tertiary/aromatic N) is 1. The van der Waals surface area contributed by atoms with Crippen molar-refractivity contribution in [1.82, 2.24) is 0 Å². The van der Waals surface area contributed by atoms with Crippen LogP contribution in [0.5, 0.6) is 0 Å². The van der Waals surface area contributed by atoms with Crippen LogP contribution in [0.15, 0.2) is 30.3 Å². The van der Waals surface area contributed by atoms with E-state index in [2.05, 4.69) is 31.7 Å². The lowest BCUT2D eigenvalue weighted by Crippen LogP contribution is -2.52. The molecule has 0 unspecified atom stereocenters. The maximum atomic E-state index is 10.5. The topological polar surface area (TPSA) is 40.5 Å². The predicted molar refractivity (Wildman–Crippen MR) is 78.3 cm³/mol. The molecule has 1 fully saturated rings. The highest BCUT2D eigenvalue weighted by Gasteiger charge is 2.35. The van der Waals surface area contributed by atoms with Crippen LogP contribution in [-0.4, -0.2) is 24.2 Å². The molecular formula is C16H21NO2. The van der Waals surface area contributed by atoms with Gasteiger partial charge in [-0.2, -0.15) is 0 Å². The van der Waals surface area contributed by atoms with Crippen molar-refractivity contribution in [3.05, 3.63) is 35.9 Å². The number of carboxylic acid groups (broad SMARTS) is 1. The first-order chi connectivity index (χ1) is 8.86. The summed E-state index contributed by atoms with van der Waals surface area (Å²) in [7, 11) is 0. The van der Waals surface area contributed by atoms with Crippen molar-refractivity contribution < 1.29 is 9.90 Å². The molecule has 0 radical (unpaired) electrons. The Morgan fingerprint density at radius 3 is 2.63 bits per heavy atom. The SMILES string of the molecule is CC(C)(C)C1CN(c2cccc(/C=C/C(=O)O)c2)C1. The van der Waals surface area contributed by atoms with Gasteiger partial charge in [-0.1, -0.05) is 32.9 Å². The molecule has 1 aromatic rings. The Bertz CT molecular complexity index is 494. The highest BCUT2D eigenvalue weighted by atomic mass is 16.4. The summed E-state index contributed by atoms with van der Waals surface area (Å²) in [5.74, 6) is -0.187. The van der Waals surface area contributed by atoms with Crippen LogP contribution in [0.1, 0.15) is 26.3 Å². The van der Waals surface area contributed by atoms with Crippen LogP contribution in [0.2, 0.25) is 0 Å². The van der Waals surface area contributed by atoms with Gasteiger partial charge in [-0.05, 0) is 35.1 Å². The maximum absolute atomic E-state index is 10.5. The molecule has 1 N–H and O–H groups in total. The lowest BCUT2D eigenvalue weighted by molar-refractivity contribution is -0.131. The van der Waals surface area contributed by atoms with Crippen LogP contribution in [0.4, 0.5) is 5.69 Å². The van der Waals surface area contributed by atoms with Crippen molar-refractivity contribution in [3.63, 3.8) is 0 Å². The zero-order valence-corrected chi connectivity index (χ0v) is 11.8. The van der Waals surface area contributed by atoms with Gasteiger partial charge in [0, 0.05) is 24.9 Å². The Kier molecular flexibility index (Phi) is 3.65. The largest absolute Gasteiger partial charge is 0.478 e. The molecule has 0 bridgehead atoms. The summed E-state index contributed by atoms with van der Waals surface area (Å²) in [6, 6.07) is 8.01. The van der Waals surface area contributed by atoms with Crippen molar-refractivity contribution >= 4 is 17.7 Å². The van der Waals surface area contributed by atoms with Gasteiger partial charge in [-0.3, -0.25) is 0 Å². The van der Waals surface area contributed by atoms with E-state index in [0.29, 0.717) is 5.41 Å². The molecule has 3 heteroatoms. The minimum Gasteiger partial charge on any atom is -0.478 e. The second kappa shape index (κ2) is 5.08. The number of hydrogen-bond acceptors (Lipinski definition) is 2. The van der Waals surface area contributed by atoms with E-state index in [0.717, 1.165) is 24.6 Å². The van der Waals surface area contributed by atoms with Gasteiger partial charge in [-0.15, -0.1) is 0 Å². The molecule has 1 saturated heterocycles. The monoisotopic (exact) mass is 259 g/mol. The average molecular weight is 259 g/mol. The second-order valence-electron chi connectivity index (χ2n) is 6.23. The van der Waals surface area contributed by atoms with E-state index in [9.17, 15) is 4.79 Å². The zero-order valence-electron chi connectivity index (χ0n) is 11.8. The van der Waals surface area contributed by atoms with Crippen molar-refractivity contribution in [2.24, 2.45) is 11.3 Å². The minimum absolute atomic E-state index is 0.358. The molecule has 0 atom stereocenters. The summed E-state index contributed by atoms with van der Waals surface area (Å²) < 4.78 is 0. The fourth-order valence-corrected chi connectivity index (χ4v) is 2.23. The summed E-state index contributed by atoms with van der Waals surface area (Å²) >= 11 is 0. The summed E-state index contributed by atoms with van der Waals surface area (Å²) in [6.07, 6.45) is 2.81. The lowest BCUT2D eigenvalue weighted by Gasteiger charge is -2.47. The van der Waals surface area contributed by atoms with Gasteiger partial charge in [0.05, 0.1) is 0 Å². The third-order valence-electron chi connectivity index (χ3n) is 3.76. The van der Waals surface area contributed by atoms with E-state index in [1.54, 1.807) is 6.08 Å². The van der Waals surface area contributed by atoms with Gasteiger partial charge in [0.1, 0.15) is 0 Å². The highest BCUT2D eigenvalue weighted by molar-refractivity contribution is 5.85. The Labute approximate surface area is 114 Å². The Hall–Kier alpha value is -1.77. The molecular weight excluding hydrogens is 238 g/mol. The summed E-state index contributed by atoms with van der Waals surface area (Å²) in [6.45, 7) is 8.99. The quantitative estimate of drug-likeness (QED) is 0.847. The van der Waals surface area contributed by atoms with Crippen LogP contribution in [0.25, 0.3) is 6.08 Å². The van der Waals surface area contributed by atoms with E-state index in [-0.39, 0.29) is 0 Å². The Morgan fingerprint density at radius 2 is 2.05 bits per heavy atom. The third-order valence-corrected chi connectivity index (χ3v) is 3.76. The van der Waals surface area contributed by atoms with Gasteiger partial charge in [0.15, 0.2) is 0 Å². The van der Waals surface area contributed by atoms with E-state index < -0.39 is 5.97 Å². The van der Waals surface area contributed by atoms with Gasteiger partial charge in [-0.25, -0.2) is 4.79 Å². The normalized spacial score (nSPS) is 16.7. The number of aliphatic carboxylic acids is 1. The molecule has 1 heterocycles. The molecule has 19 heavy (non-hydrogen) atoms. The smallest absolute Gasteiger partial charge is 0.328 e. The number of hydrogen-bond donors (Lipinski definition) is 1. The second-order valence-corrected chi connectivity index (χ2v) is 6.23. The summed E-state index contributed by atoms with van der Waals surface area (Å²) in [4.78, 5) is 12.9. The molecule has 0 spiro atoms. The van der Waals surface area contributed by atoms with E-state index >= 15 is 0 Å². The fourth-order valence-electron chi connectivity index (χ4n) is 2.23. The van der Waals surface area contributed by atoms with Crippen molar-refractivity contribution in [3.8, 4) is 0 Å². The maximum Gasteiger partial charge on any atom is 0.328 e. The van der Waals surface area contributed by atoms with Crippen molar-refractivity contribution in [2.75, 3.05) is 18.0 Å². The first kappa shape index (κ1) is 13.7. The van der Waals surface area contributed by atoms with E-state index in [1.807, 2.05) is 18.2 Å². The van der Waals surface area contributed by atoms with Crippen LogP contribution >= 0.6 is 0 Å². The molecule has 102 valence electrons. The van der Waals surface area contributed by atoms with Crippen molar-refractivity contribution in [2.45, 2.75) is 20.8 Å². The number of anilines is 1. The number of carbonyl (C=O) groups is 1. The molecule has 1 aliphatic heterocycles. The first-order valence-electron chi connectivity index (χ1n) is 6.62. The highest BCUT2D eigenvalue weighted by Crippen LogP contribution is 2.36. The third kappa shape index (κ3) is 3.37. The average Bonchev–Trinajstić information content (AvgIpc) is 2.23. The molecule has 1 aromatic carbocycles. The lowest BCUT2D eigenvalue weighted by atomic mass is 9.76. The fraction of sp³-hybridized carbons (Fsp3) is 0.438. The zero-order chi connectivity index (χ0) is 14.0. The predicted octanol–water partition coefficient (Wildman–Crippen LogP) is 3.27. The Balaban J connectivity index is 2.03. The number of benzene rings is 1. The van der Waals surface area contributed by atoms with E-state index in [4.69, 9.17) is 5.11 Å². The summed E-state index contributed by atoms with van der Waals surface area (Å²) in [5.41, 5.74) is 2.46. The van der Waals surface area contributed by atoms with E-state index in [1.165, 1.54) is 11.8 Å².